The van der Waals surface area contributed by atoms with E-state index in [0.29, 0.717) is 0 Å². The van der Waals surface area contributed by atoms with Crippen molar-refractivity contribution in [3.05, 3.63) is 0 Å². The number of rotatable bonds is 0. The van der Waals surface area contributed by atoms with E-state index in [1.54, 1.807) is 0 Å². The van der Waals surface area contributed by atoms with Crippen molar-refractivity contribution in [1.82, 2.24) is 0 Å². The Balaban J connectivity index is 1.71. The van der Waals surface area contributed by atoms with E-state index < -0.39 is 87.9 Å². The van der Waals surface area contributed by atoms with E-state index in [1.807, 2.05) is 20.8 Å². The van der Waals surface area contributed by atoms with Gasteiger partial charge in [-0.2, -0.15) is 0 Å². The first-order valence-electron chi connectivity index (χ1n) is 10.2. The number of aliphatic hydroxyl groups excluding tert-OH is 2. The molecule has 4 saturated heterocycles. The van der Waals surface area contributed by atoms with Crippen LogP contribution in [0.3, 0.4) is 0 Å². The Morgan fingerprint density at radius 2 is 1.70 bits per heavy atom. The van der Waals surface area contributed by atoms with Crippen molar-refractivity contribution in [2.24, 2.45) is 28.1 Å². The van der Waals surface area contributed by atoms with Crippen LogP contribution in [0.2, 0.25) is 0 Å². The van der Waals surface area contributed by atoms with Crippen LogP contribution < -0.4 is 0 Å². The van der Waals surface area contributed by atoms with Crippen LogP contribution >= 0.6 is 0 Å². The summed E-state index contributed by atoms with van der Waals surface area (Å²) in [7, 11) is 0. The summed E-state index contributed by atoms with van der Waals surface area (Å²) >= 11 is 0. The standard InChI is InChI=1S/C20H24O10/c1-6-12(23)27-7-5-17-11-8(21)9(16(2,3)4)18(17)10(22)13(24)29-15(18)30-20(17,14(25)28-11)19(6,7)26/h6-11,15,21-22,26H,5H2,1-4H3/t6-,7-,8+,9-,10-,11+,15?,17?,18?,19+,20+/m0/s1. The van der Waals surface area contributed by atoms with E-state index in [1.165, 1.54) is 6.92 Å². The van der Waals surface area contributed by atoms with Crippen LogP contribution in [0.15, 0.2) is 0 Å². The molecule has 2 saturated carbocycles. The van der Waals surface area contributed by atoms with Crippen LogP contribution in [0.4, 0.5) is 0 Å². The fourth-order valence-corrected chi connectivity index (χ4v) is 8.22. The van der Waals surface area contributed by atoms with E-state index in [2.05, 4.69) is 0 Å². The third-order valence-electron chi connectivity index (χ3n) is 8.91. The lowest BCUT2D eigenvalue weighted by Gasteiger charge is -2.46. The van der Waals surface area contributed by atoms with E-state index in [9.17, 15) is 29.7 Å². The highest BCUT2D eigenvalue weighted by Gasteiger charge is 3.02. The zero-order valence-electron chi connectivity index (χ0n) is 16.9. The summed E-state index contributed by atoms with van der Waals surface area (Å²) in [6.07, 6.45) is -6.73. The van der Waals surface area contributed by atoms with Gasteiger partial charge in [0.2, 0.25) is 11.9 Å². The van der Waals surface area contributed by atoms with Gasteiger partial charge in [-0.3, -0.25) is 4.79 Å². The van der Waals surface area contributed by atoms with Gasteiger partial charge in [-0.1, -0.05) is 20.8 Å². The largest absolute Gasteiger partial charge is 0.459 e. The highest BCUT2D eigenvalue weighted by atomic mass is 16.8. The summed E-state index contributed by atoms with van der Waals surface area (Å²) in [5, 5.41) is 34.4. The second kappa shape index (κ2) is 4.69. The number of carbonyl (C=O) groups excluding carboxylic acids is 3. The first kappa shape index (κ1) is 19.0. The Labute approximate surface area is 171 Å². The van der Waals surface area contributed by atoms with E-state index in [-0.39, 0.29) is 6.42 Å². The fourth-order valence-electron chi connectivity index (χ4n) is 8.22. The molecule has 2 aliphatic carbocycles. The summed E-state index contributed by atoms with van der Waals surface area (Å²) in [6.45, 7) is 6.97. The predicted octanol–water partition coefficient (Wildman–Crippen LogP) is -1.37. The molecule has 0 aromatic carbocycles. The second-order valence-corrected chi connectivity index (χ2v) is 10.7. The van der Waals surface area contributed by atoms with Gasteiger partial charge in [-0.25, -0.2) is 9.59 Å². The third kappa shape index (κ3) is 1.35. The molecule has 6 aliphatic rings. The SMILES string of the molecule is C[C@H]1C(=O)O[C@H]2CC34[C@@H]5OC(=O)[C@]3(OC3OC(=O)[C@H](O)C34[C@H](C(C)(C)C)[C@H]5O)[C@]21O. The van der Waals surface area contributed by atoms with Crippen LogP contribution in [-0.4, -0.2) is 75.1 Å². The third-order valence-corrected chi connectivity index (χ3v) is 8.91. The molecule has 0 amide bonds. The van der Waals surface area contributed by atoms with Gasteiger partial charge in [-0.05, 0) is 12.3 Å². The number of fused-ring (bicyclic) bond motifs is 1. The van der Waals surface area contributed by atoms with Gasteiger partial charge in [0, 0.05) is 12.3 Å². The van der Waals surface area contributed by atoms with Crippen LogP contribution in [0.1, 0.15) is 34.1 Å². The van der Waals surface area contributed by atoms with Gasteiger partial charge in [-0.15, -0.1) is 0 Å². The molecule has 0 radical (unpaired) electrons. The molecule has 30 heavy (non-hydrogen) atoms. The highest BCUT2D eigenvalue weighted by molar-refractivity contribution is 5.93. The number of esters is 3. The zero-order chi connectivity index (χ0) is 21.8. The molecule has 6 rings (SSSR count). The van der Waals surface area contributed by atoms with E-state index >= 15 is 0 Å². The van der Waals surface area contributed by atoms with Crippen molar-refractivity contribution in [3.63, 3.8) is 0 Å². The summed E-state index contributed by atoms with van der Waals surface area (Å²) < 4.78 is 22.6. The molecule has 4 aliphatic heterocycles. The van der Waals surface area contributed by atoms with Crippen molar-refractivity contribution in [1.29, 1.82) is 0 Å². The maximum absolute atomic E-state index is 13.4. The van der Waals surface area contributed by atoms with E-state index in [4.69, 9.17) is 18.9 Å². The normalized spacial score (nSPS) is 60.1. The van der Waals surface area contributed by atoms with Gasteiger partial charge in [0.25, 0.3) is 0 Å². The van der Waals surface area contributed by atoms with Gasteiger partial charge >= 0.3 is 17.9 Å². The molecular formula is C20H24O10. The van der Waals surface area contributed by atoms with E-state index in [0.717, 1.165) is 0 Å². The molecule has 0 bridgehead atoms. The molecule has 4 heterocycles. The molecular weight excluding hydrogens is 400 g/mol. The van der Waals surface area contributed by atoms with Crippen molar-refractivity contribution in [2.45, 2.75) is 76.0 Å². The molecule has 3 unspecified atom stereocenters. The lowest BCUT2D eigenvalue weighted by molar-refractivity contribution is -0.239. The number of hydrogen-bond acceptors (Lipinski definition) is 10. The molecule has 6 fully saturated rings. The first-order valence-corrected chi connectivity index (χ1v) is 10.2. The van der Waals surface area contributed by atoms with Gasteiger partial charge in [0.15, 0.2) is 11.7 Å². The van der Waals surface area contributed by atoms with Crippen LogP contribution in [0.5, 0.6) is 0 Å². The monoisotopic (exact) mass is 424 g/mol. The van der Waals surface area contributed by atoms with Crippen molar-refractivity contribution in [2.75, 3.05) is 0 Å². The Morgan fingerprint density at radius 3 is 2.33 bits per heavy atom. The first-order chi connectivity index (χ1) is 13.8. The minimum Gasteiger partial charge on any atom is -0.459 e. The number of hydrogen-bond donors (Lipinski definition) is 3. The van der Waals surface area contributed by atoms with Crippen LogP contribution in [-0.2, 0) is 33.3 Å². The van der Waals surface area contributed by atoms with Crippen LogP contribution in [0, 0.1) is 28.1 Å². The Morgan fingerprint density at radius 1 is 1.03 bits per heavy atom. The molecule has 10 heteroatoms. The fraction of sp³-hybridized carbons (Fsp3) is 0.850. The van der Waals surface area contributed by atoms with Crippen molar-refractivity contribution in [3.8, 4) is 0 Å². The topological polar surface area (TPSA) is 149 Å². The molecule has 10 nitrogen and oxygen atoms in total. The maximum atomic E-state index is 13.4. The number of ether oxygens (including phenoxy) is 4. The maximum Gasteiger partial charge on any atom is 0.342 e. The quantitative estimate of drug-likeness (QED) is 0.314. The molecule has 164 valence electrons. The molecule has 2 spiro atoms. The lowest BCUT2D eigenvalue weighted by Crippen LogP contribution is -2.66. The van der Waals surface area contributed by atoms with Gasteiger partial charge in [0.1, 0.15) is 12.2 Å². The minimum absolute atomic E-state index is 0.107. The Bertz CT molecular complexity index is 925. The molecule has 0 aromatic rings. The summed E-state index contributed by atoms with van der Waals surface area (Å²) in [5.74, 6) is -4.43. The second-order valence-electron chi connectivity index (χ2n) is 10.7. The number of carbonyl (C=O) groups is 3. The Hall–Kier alpha value is -1.75. The average molecular weight is 424 g/mol. The summed E-state index contributed by atoms with van der Waals surface area (Å²) in [5.41, 5.74) is -7.95. The predicted molar refractivity (Wildman–Crippen MR) is 92.0 cm³/mol. The number of aliphatic hydroxyl groups is 3. The average Bonchev–Trinajstić information content (AvgIpc) is 3.32. The smallest absolute Gasteiger partial charge is 0.342 e. The van der Waals surface area contributed by atoms with Gasteiger partial charge in [0.05, 0.1) is 22.9 Å². The zero-order valence-corrected chi connectivity index (χ0v) is 16.9. The summed E-state index contributed by atoms with van der Waals surface area (Å²) in [6, 6.07) is 0. The Kier molecular flexibility index (Phi) is 2.97. The van der Waals surface area contributed by atoms with Crippen molar-refractivity contribution >= 4 is 17.9 Å². The lowest BCUT2D eigenvalue weighted by atomic mass is 9.51. The summed E-state index contributed by atoms with van der Waals surface area (Å²) in [4.78, 5) is 38.2. The highest BCUT2D eigenvalue weighted by Crippen LogP contribution is 2.84. The van der Waals surface area contributed by atoms with Gasteiger partial charge < -0.3 is 34.3 Å². The van der Waals surface area contributed by atoms with Crippen LogP contribution in [0.25, 0.3) is 0 Å². The molecule has 3 N–H and O–H groups in total. The minimum atomic E-state index is -2.12. The molecule has 11 atom stereocenters. The van der Waals surface area contributed by atoms with Crippen molar-refractivity contribution < 1.29 is 48.7 Å². The molecule has 0 aromatic heterocycles.